The van der Waals surface area contributed by atoms with Gasteiger partial charge in [0.1, 0.15) is 5.75 Å². The van der Waals surface area contributed by atoms with Crippen LogP contribution in [0.4, 0.5) is 0 Å². The fourth-order valence-corrected chi connectivity index (χ4v) is 3.81. The van der Waals surface area contributed by atoms with Gasteiger partial charge in [0, 0.05) is 12.0 Å². The Bertz CT molecular complexity index is 444. The lowest BCUT2D eigenvalue weighted by atomic mass is 9.67. The van der Waals surface area contributed by atoms with Crippen LogP contribution in [0.3, 0.4) is 0 Å². The van der Waals surface area contributed by atoms with E-state index in [9.17, 15) is 5.11 Å². The first-order chi connectivity index (χ1) is 9.23. The fourth-order valence-electron chi connectivity index (χ4n) is 3.81. The summed E-state index contributed by atoms with van der Waals surface area (Å²) in [5.74, 6) is 1.23. The lowest BCUT2D eigenvalue weighted by Gasteiger charge is -2.48. The Labute approximate surface area is 115 Å². The Morgan fingerprint density at radius 2 is 2.21 bits per heavy atom. The van der Waals surface area contributed by atoms with Gasteiger partial charge in [-0.3, -0.25) is 0 Å². The Morgan fingerprint density at radius 1 is 1.32 bits per heavy atom. The van der Waals surface area contributed by atoms with Gasteiger partial charge in [-0.25, -0.2) is 0 Å². The number of methoxy groups -OCH3 is 1. The summed E-state index contributed by atoms with van der Waals surface area (Å²) in [6, 6.07) is 8.50. The second kappa shape index (κ2) is 5.14. The molecule has 1 aromatic carbocycles. The molecule has 0 radical (unpaired) electrons. The topological polar surface area (TPSA) is 41.5 Å². The maximum absolute atomic E-state index is 10.9. The van der Waals surface area contributed by atoms with Gasteiger partial charge in [-0.2, -0.15) is 0 Å². The molecule has 1 aliphatic carbocycles. The summed E-state index contributed by atoms with van der Waals surface area (Å²) in [5.41, 5.74) is 0.779. The minimum Gasteiger partial charge on any atom is -0.497 e. The molecule has 2 aliphatic rings. The third-order valence-electron chi connectivity index (χ3n) is 4.84. The van der Waals surface area contributed by atoms with Gasteiger partial charge in [-0.15, -0.1) is 0 Å². The summed E-state index contributed by atoms with van der Waals surface area (Å²) >= 11 is 0. The molecule has 1 saturated heterocycles. The number of ether oxygens (including phenoxy) is 1. The van der Waals surface area contributed by atoms with Crippen LogP contribution >= 0.6 is 0 Å². The molecule has 0 amide bonds. The predicted octanol–water partition coefficient (Wildman–Crippen LogP) is 2.65. The second-order valence-electron chi connectivity index (χ2n) is 5.91. The van der Waals surface area contributed by atoms with Crippen molar-refractivity contribution in [3.05, 3.63) is 29.8 Å². The van der Waals surface area contributed by atoms with Crippen molar-refractivity contribution in [2.45, 2.75) is 43.7 Å². The number of nitrogens with one attached hydrogen (secondary N) is 1. The van der Waals surface area contributed by atoms with E-state index in [0.29, 0.717) is 5.92 Å². The molecular formula is C16H23NO2. The first-order valence-corrected chi connectivity index (χ1v) is 7.33. The van der Waals surface area contributed by atoms with Gasteiger partial charge in [0.15, 0.2) is 0 Å². The molecule has 3 nitrogen and oxygen atoms in total. The quantitative estimate of drug-likeness (QED) is 0.860. The van der Waals surface area contributed by atoms with Crippen LogP contribution in [0.15, 0.2) is 24.3 Å². The molecule has 3 rings (SSSR count). The number of hydrogen-bond acceptors (Lipinski definition) is 3. The van der Waals surface area contributed by atoms with Gasteiger partial charge in [0.05, 0.1) is 12.7 Å². The second-order valence-corrected chi connectivity index (χ2v) is 5.91. The third kappa shape index (κ3) is 2.37. The first kappa shape index (κ1) is 12.9. The van der Waals surface area contributed by atoms with Crippen LogP contribution in [-0.4, -0.2) is 24.4 Å². The van der Waals surface area contributed by atoms with Crippen molar-refractivity contribution in [1.82, 2.24) is 5.32 Å². The molecule has 2 N–H and O–H groups in total. The van der Waals surface area contributed by atoms with Gasteiger partial charge < -0.3 is 15.2 Å². The summed E-state index contributed by atoms with van der Waals surface area (Å²) in [4.78, 5) is 0. The summed E-state index contributed by atoms with van der Waals surface area (Å²) in [6.07, 6.45) is 5.36. The predicted molar refractivity (Wildman–Crippen MR) is 75.3 cm³/mol. The maximum Gasteiger partial charge on any atom is 0.119 e. The SMILES string of the molecule is COc1cccc([C@@H]2NCC[C@]3(O)CCCC[C@@H]23)c1. The highest BCUT2D eigenvalue weighted by molar-refractivity contribution is 5.32. The van der Waals surface area contributed by atoms with Crippen LogP contribution < -0.4 is 10.1 Å². The minimum atomic E-state index is -0.461. The van der Waals surface area contributed by atoms with Crippen molar-refractivity contribution in [1.29, 1.82) is 0 Å². The molecule has 2 fully saturated rings. The normalized spacial score (nSPS) is 34.6. The number of benzene rings is 1. The number of fused-ring (bicyclic) bond motifs is 1. The number of hydrogen-bond donors (Lipinski definition) is 2. The van der Waals surface area contributed by atoms with Crippen LogP contribution in [0.1, 0.15) is 43.7 Å². The average Bonchev–Trinajstić information content (AvgIpc) is 2.46. The van der Waals surface area contributed by atoms with Crippen molar-refractivity contribution in [3.63, 3.8) is 0 Å². The smallest absolute Gasteiger partial charge is 0.119 e. The van der Waals surface area contributed by atoms with Crippen molar-refractivity contribution >= 4 is 0 Å². The standard InChI is InChI=1S/C16H23NO2/c1-19-13-6-4-5-12(11-13)15-14-7-2-3-8-16(14,18)9-10-17-15/h4-6,11,14-15,17-18H,2-3,7-10H2,1H3/t14-,15-,16+/m0/s1. The molecule has 0 unspecified atom stereocenters. The number of rotatable bonds is 2. The molecular weight excluding hydrogens is 238 g/mol. The van der Waals surface area contributed by atoms with Gasteiger partial charge in [-0.05, 0) is 43.5 Å². The molecule has 0 aromatic heterocycles. The zero-order valence-corrected chi connectivity index (χ0v) is 11.6. The summed E-state index contributed by atoms with van der Waals surface area (Å²) in [5, 5.41) is 14.5. The highest BCUT2D eigenvalue weighted by Gasteiger charge is 2.45. The summed E-state index contributed by atoms with van der Waals surface area (Å²) < 4.78 is 5.32. The molecule has 1 aliphatic heterocycles. The van der Waals surface area contributed by atoms with Gasteiger partial charge >= 0.3 is 0 Å². The number of piperidine rings is 1. The van der Waals surface area contributed by atoms with E-state index in [1.54, 1.807) is 7.11 Å². The van der Waals surface area contributed by atoms with Gasteiger partial charge in [0.25, 0.3) is 0 Å². The van der Waals surface area contributed by atoms with Crippen molar-refractivity contribution in [3.8, 4) is 5.75 Å². The molecule has 1 heterocycles. The van der Waals surface area contributed by atoms with Gasteiger partial charge in [-0.1, -0.05) is 25.0 Å². The maximum atomic E-state index is 10.9. The minimum absolute atomic E-state index is 0.258. The number of aliphatic hydroxyl groups is 1. The summed E-state index contributed by atoms with van der Waals surface area (Å²) in [7, 11) is 1.70. The highest BCUT2D eigenvalue weighted by Crippen LogP contribution is 2.45. The third-order valence-corrected chi connectivity index (χ3v) is 4.84. The van der Waals surface area contributed by atoms with E-state index in [1.807, 2.05) is 12.1 Å². The zero-order chi connectivity index (χ0) is 13.3. The van der Waals surface area contributed by atoms with Crippen LogP contribution in [0.2, 0.25) is 0 Å². The molecule has 0 bridgehead atoms. The van der Waals surface area contributed by atoms with Crippen LogP contribution in [0.5, 0.6) is 5.75 Å². The molecule has 3 heteroatoms. The Balaban J connectivity index is 1.90. The van der Waals surface area contributed by atoms with Gasteiger partial charge in [0.2, 0.25) is 0 Å². The molecule has 19 heavy (non-hydrogen) atoms. The molecule has 1 aromatic rings. The molecule has 104 valence electrons. The van der Waals surface area contributed by atoms with Crippen molar-refractivity contribution in [2.75, 3.05) is 13.7 Å². The van der Waals surface area contributed by atoms with E-state index < -0.39 is 5.60 Å². The summed E-state index contributed by atoms with van der Waals surface area (Å²) in [6.45, 7) is 0.898. The van der Waals surface area contributed by atoms with Crippen molar-refractivity contribution in [2.24, 2.45) is 5.92 Å². The average molecular weight is 261 g/mol. The van der Waals surface area contributed by atoms with E-state index in [4.69, 9.17) is 4.74 Å². The molecule has 1 saturated carbocycles. The fraction of sp³-hybridized carbons (Fsp3) is 0.625. The van der Waals surface area contributed by atoms with E-state index in [-0.39, 0.29) is 6.04 Å². The van der Waals surface area contributed by atoms with Crippen LogP contribution in [0, 0.1) is 5.92 Å². The largest absolute Gasteiger partial charge is 0.497 e. The van der Waals surface area contributed by atoms with E-state index in [1.165, 1.54) is 12.0 Å². The monoisotopic (exact) mass is 261 g/mol. The van der Waals surface area contributed by atoms with Crippen LogP contribution in [-0.2, 0) is 0 Å². The van der Waals surface area contributed by atoms with E-state index >= 15 is 0 Å². The lowest BCUT2D eigenvalue weighted by Crippen LogP contribution is -2.53. The first-order valence-electron chi connectivity index (χ1n) is 7.33. The van der Waals surface area contributed by atoms with Crippen molar-refractivity contribution < 1.29 is 9.84 Å². The Hall–Kier alpha value is -1.06. The Kier molecular flexibility index (Phi) is 3.50. The Morgan fingerprint density at radius 3 is 3.05 bits per heavy atom. The molecule has 3 atom stereocenters. The lowest BCUT2D eigenvalue weighted by molar-refractivity contribution is -0.0861. The molecule has 0 spiro atoms. The highest BCUT2D eigenvalue weighted by atomic mass is 16.5. The van der Waals surface area contributed by atoms with Crippen LogP contribution in [0.25, 0.3) is 0 Å². The zero-order valence-electron chi connectivity index (χ0n) is 11.6. The van der Waals surface area contributed by atoms with E-state index in [0.717, 1.165) is 38.0 Å². The van der Waals surface area contributed by atoms with E-state index in [2.05, 4.69) is 17.4 Å².